The number of carbonyl (C=O) groups excluding carboxylic acids is 2. The number of nitrogens with zero attached hydrogens (tertiary/aromatic N) is 4. The third-order valence-corrected chi connectivity index (χ3v) is 4.86. The summed E-state index contributed by atoms with van der Waals surface area (Å²) in [6.45, 7) is 6.23. The highest BCUT2D eigenvalue weighted by atomic mass is 16.2. The van der Waals surface area contributed by atoms with E-state index < -0.39 is 0 Å². The minimum Gasteiger partial charge on any atom is -0.342 e. The molecule has 3 rings (SSSR count). The van der Waals surface area contributed by atoms with Crippen molar-refractivity contribution in [1.29, 1.82) is 0 Å². The lowest BCUT2D eigenvalue weighted by Crippen LogP contribution is -2.33. The number of rotatable bonds is 7. The number of carbonyl (C=O) groups is 2. The van der Waals surface area contributed by atoms with Gasteiger partial charge >= 0.3 is 0 Å². The molecule has 0 saturated heterocycles. The Morgan fingerprint density at radius 1 is 1.07 bits per heavy atom. The fraction of sp³-hybridized carbons (Fsp3) is 0.333. The van der Waals surface area contributed by atoms with E-state index in [1.165, 1.54) is 5.56 Å². The summed E-state index contributed by atoms with van der Waals surface area (Å²) in [4.78, 5) is 24.5. The van der Waals surface area contributed by atoms with Gasteiger partial charge in [0.25, 0.3) is 5.91 Å². The summed E-state index contributed by atoms with van der Waals surface area (Å²) < 4.78 is 3.51. The van der Waals surface area contributed by atoms with Crippen LogP contribution in [-0.2, 0) is 24.8 Å². The maximum Gasteiger partial charge on any atom is 0.272 e. The number of aromatic nitrogens is 4. The maximum absolute atomic E-state index is 12.3. The van der Waals surface area contributed by atoms with E-state index in [4.69, 9.17) is 0 Å². The van der Waals surface area contributed by atoms with Gasteiger partial charge in [-0.25, -0.2) is 0 Å². The van der Waals surface area contributed by atoms with Crippen LogP contribution in [-0.4, -0.2) is 37.9 Å². The molecule has 0 aliphatic heterocycles. The molecule has 1 aromatic carbocycles. The minimum absolute atomic E-state index is 0.136. The second-order valence-electron chi connectivity index (χ2n) is 7.03. The second kappa shape index (κ2) is 8.72. The fourth-order valence-electron chi connectivity index (χ4n) is 3.08. The Morgan fingerprint density at radius 2 is 1.79 bits per heavy atom. The molecule has 0 atom stereocenters. The van der Waals surface area contributed by atoms with Gasteiger partial charge in [0, 0.05) is 19.3 Å². The molecule has 0 saturated carbocycles. The molecule has 2 N–H and O–H groups in total. The van der Waals surface area contributed by atoms with E-state index in [1.54, 1.807) is 17.8 Å². The quantitative estimate of drug-likeness (QED) is 0.642. The van der Waals surface area contributed by atoms with Gasteiger partial charge in [0.05, 0.1) is 23.6 Å². The molecule has 3 aromatic rings. The Kier molecular flexibility index (Phi) is 6.11. The average molecular weight is 394 g/mol. The van der Waals surface area contributed by atoms with E-state index in [0.29, 0.717) is 11.4 Å². The van der Waals surface area contributed by atoms with Gasteiger partial charge in [-0.2, -0.15) is 10.2 Å². The third kappa shape index (κ3) is 4.90. The van der Waals surface area contributed by atoms with Gasteiger partial charge < -0.3 is 10.6 Å². The molecule has 2 amide bonds. The zero-order valence-corrected chi connectivity index (χ0v) is 17.2. The molecule has 2 heterocycles. The minimum atomic E-state index is -0.379. The first-order chi connectivity index (χ1) is 13.8. The summed E-state index contributed by atoms with van der Waals surface area (Å²) in [6, 6.07) is 11.9. The highest BCUT2D eigenvalue weighted by Crippen LogP contribution is 2.19. The lowest BCUT2D eigenvalue weighted by Gasteiger charge is -2.08. The highest BCUT2D eigenvalue weighted by Gasteiger charge is 2.16. The molecule has 0 radical (unpaired) electrons. The molecule has 0 aliphatic rings. The van der Waals surface area contributed by atoms with Crippen molar-refractivity contribution in [2.45, 2.75) is 33.7 Å². The lowest BCUT2D eigenvalue weighted by atomic mass is 10.1. The van der Waals surface area contributed by atoms with Crippen molar-refractivity contribution in [2.75, 3.05) is 11.9 Å². The summed E-state index contributed by atoms with van der Waals surface area (Å²) in [5.41, 5.74) is 4.71. The topological polar surface area (TPSA) is 93.8 Å². The molecule has 152 valence electrons. The lowest BCUT2D eigenvalue weighted by molar-refractivity contribution is -0.115. The van der Waals surface area contributed by atoms with Crippen LogP contribution in [0.3, 0.4) is 0 Å². The van der Waals surface area contributed by atoms with Crippen LogP contribution in [0.15, 0.2) is 36.4 Å². The van der Waals surface area contributed by atoms with Crippen LogP contribution in [0, 0.1) is 20.8 Å². The van der Waals surface area contributed by atoms with Crippen LogP contribution in [0.25, 0.3) is 0 Å². The number of amides is 2. The normalized spacial score (nSPS) is 10.8. The van der Waals surface area contributed by atoms with Crippen molar-refractivity contribution in [3.05, 3.63) is 64.7 Å². The van der Waals surface area contributed by atoms with Crippen LogP contribution >= 0.6 is 0 Å². The predicted molar refractivity (Wildman–Crippen MR) is 111 cm³/mol. The van der Waals surface area contributed by atoms with E-state index in [9.17, 15) is 9.59 Å². The van der Waals surface area contributed by atoms with E-state index in [2.05, 4.69) is 33.0 Å². The first-order valence-electron chi connectivity index (χ1n) is 9.51. The standard InChI is InChI=1S/C21H26N6O2/c1-14-12-18(25-26(14)4)21(29)22-13-19(28)23-20-15(2)24-27(16(20)3)11-10-17-8-6-5-7-9-17/h5-9,12H,10-11,13H2,1-4H3,(H,22,29)(H,23,28). The number of hydrogen-bond donors (Lipinski definition) is 2. The highest BCUT2D eigenvalue weighted by molar-refractivity contribution is 5.98. The van der Waals surface area contributed by atoms with E-state index >= 15 is 0 Å². The van der Waals surface area contributed by atoms with Gasteiger partial charge in [0.2, 0.25) is 5.91 Å². The largest absolute Gasteiger partial charge is 0.342 e. The van der Waals surface area contributed by atoms with Crippen LogP contribution in [0.2, 0.25) is 0 Å². The van der Waals surface area contributed by atoms with Crippen molar-refractivity contribution >= 4 is 17.5 Å². The summed E-state index contributed by atoms with van der Waals surface area (Å²) in [5, 5.41) is 14.1. The molecule has 0 fully saturated rings. The van der Waals surface area contributed by atoms with E-state index in [-0.39, 0.29) is 18.4 Å². The summed E-state index contributed by atoms with van der Waals surface area (Å²) in [6.07, 6.45) is 0.857. The van der Waals surface area contributed by atoms with Crippen molar-refractivity contribution in [2.24, 2.45) is 7.05 Å². The monoisotopic (exact) mass is 394 g/mol. The molecule has 0 spiro atoms. The van der Waals surface area contributed by atoms with E-state index in [0.717, 1.165) is 30.0 Å². The van der Waals surface area contributed by atoms with Gasteiger partial charge in [-0.05, 0) is 38.8 Å². The average Bonchev–Trinajstić information content (AvgIpc) is 3.18. The molecule has 0 unspecified atom stereocenters. The molecule has 2 aromatic heterocycles. The second-order valence-corrected chi connectivity index (χ2v) is 7.03. The number of anilines is 1. The summed E-state index contributed by atoms with van der Waals surface area (Å²) in [5.74, 6) is -0.685. The van der Waals surface area contributed by atoms with Crippen molar-refractivity contribution in [3.8, 4) is 0 Å². The van der Waals surface area contributed by atoms with Gasteiger partial charge in [-0.15, -0.1) is 0 Å². The molecule has 0 aliphatic carbocycles. The fourth-order valence-corrected chi connectivity index (χ4v) is 3.08. The SMILES string of the molecule is Cc1nn(CCc2ccccc2)c(C)c1NC(=O)CNC(=O)c1cc(C)n(C)n1. The summed E-state index contributed by atoms with van der Waals surface area (Å²) in [7, 11) is 1.76. The van der Waals surface area contributed by atoms with Crippen LogP contribution in [0.4, 0.5) is 5.69 Å². The van der Waals surface area contributed by atoms with Gasteiger partial charge in [-0.1, -0.05) is 30.3 Å². The molecule has 0 bridgehead atoms. The van der Waals surface area contributed by atoms with Crippen molar-refractivity contribution in [3.63, 3.8) is 0 Å². The number of benzene rings is 1. The Morgan fingerprint density at radius 3 is 2.45 bits per heavy atom. The Balaban J connectivity index is 1.57. The first-order valence-corrected chi connectivity index (χ1v) is 9.51. The Labute approximate surface area is 169 Å². The number of nitrogens with one attached hydrogen (secondary N) is 2. The maximum atomic E-state index is 12.3. The van der Waals surface area contributed by atoms with Crippen LogP contribution in [0.5, 0.6) is 0 Å². The van der Waals surface area contributed by atoms with Crippen molar-refractivity contribution in [1.82, 2.24) is 24.9 Å². The van der Waals surface area contributed by atoms with Crippen LogP contribution < -0.4 is 10.6 Å². The molecule has 8 heteroatoms. The van der Waals surface area contributed by atoms with Crippen LogP contribution in [0.1, 0.15) is 33.1 Å². The first kappa shape index (κ1) is 20.3. The van der Waals surface area contributed by atoms with Gasteiger partial charge in [0.1, 0.15) is 5.69 Å². The zero-order chi connectivity index (χ0) is 21.0. The predicted octanol–water partition coefficient (Wildman–Crippen LogP) is 2.15. The molecular weight excluding hydrogens is 368 g/mol. The van der Waals surface area contributed by atoms with Gasteiger partial charge in [-0.3, -0.25) is 19.0 Å². The molecule has 8 nitrogen and oxygen atoms in total. The summed E-state index contributed by atoms with van der Waals surface area (Å²) >= 11 is 0. The molecular formula is C21H26N6O2. The Bertz CT molecular complexity index is 1000. The van der Waals surface area contributed by atoms with Crippen molar-refractivity contribution < 1.29 is 9.59 Å². The van der Waals surface area contributed by atoms with Gasteiger partial charge in [0.15, 0.2) is 0 Å². The third-order valence-electron chi connectivity index (χ3n) is 4.86. The Hall–Kier alpha value is -3.42. The van der Waals surface area contributed by atoms with E-state index in [1.807, 2.05) is 43.7 Å². The number of aryl methyl sites for hydroxylation is 5. The molecule has 29 heavy (non-hydrogen) atoms. The zero-order valence-electron chi connectivity index (χ0n) is 17.2. The smallest absolute Gasteiger partial charge is 0.272 e. The number of hydrogen-bond acceptors (Lipinski definition) is 4.